The van der Waals surface area contributed by atoms with Crippen LogP contribution in [-0.4, -0.2) is 43.3 Å². The maximum absolute atomic E-state index is 5.63. The van der Waals surface area contributed by atoms with Crippen LogP contribution in [0, 0.1) is 0 Å². The second-order valence-corrected chi connectivity index (χ2v) is 3.68. The average molecular weight is 184 g/mol. The fourth-order valence-corrected chi connectivity index (χ4v) is 1.75. The summed E-state index contributed by atoms with van der Waals surface area (Å²) in [5.74, 6) is 0. The molecule has 0 aromatic rings. The number of rotatable bonds is 3. The maximum atomic E-state index is 5.63. The van der Waals surface area contributed by atoms with Crippen molar-refractivity contribution in [3.05, 3.63) is 12.2 Å². The fourth-order valence-electron chi connectivity index (χ4n) is 1.75. The molecular weight excluding hydrogens is 164 g/mol. The summed E-state index contributed by atoms with van der Waals surface area (Å²) in [6.07, 6.45) is 4.85. The molecule has 0 spiro atoms. The molecule has 2 unspecified atom stereocenters. The number of morpholine rings is 1. The lowest BCUT2D eigenvalue weighted by atomic mass is 10.2. The third-order valence-corrected chi connectivity index (χ3v) is 2.16. The van der Waals surface area contributed by atoms with Gasteiger partial charge in [0.25, 0.3) is 0 Å². The molecule has 0 aliphatic carbocycles. The van der Waals surface area contributed by atoms with Crippen LogP contribution in [0.5, 0.6) is 0 Å². The number of ether oxygens (including phenoxy) is 1. The van der Waals surface area contributed by atoms with Crippen LogP contribution in [0.15, 0.2) is 12.2 Å². The van der Waals surface area contributed by atoms with E-state index in [0.717, 1.165) is 19.6 Å². The van der Waals surface area contributed by atoms with Gasteiger partial charge in [0.1, 0.15) is 0 Å². The third-order valence-electron chi connectivity index (χ3n) is 2.16. The predicted octanol–water partition coefficient (Wildman–Crippen LogP) is 0.611. The summed E-state index contributed by atoms with van der Waals surface area (Å²) < 4.78 is 5.63. The number of hydrogen-bond donors (Lipinski definition) is 1. The van der Waals surface area contributed by atoms with Crippen molar-refractivity contribution in [1.82, 2.24) is 4.90 Å². The van der Waals surface area contributed by atoms with Crippen molar-refractivity contribution in [2.75, 3.05) is 26.2 Å². The smallest absolute Gasteiger partial charge is 0.0678 e. The zero-order chi connectivity index (χ0) is 9.68. The fraction of sp³-hybridized carbons (Fsp3) is 0.800. The third kappa shape index (κ3) is 3.89. The van der Waals surface area contributed by atoms with E-state index in [1.807, 2.05) is 6.08 Å². The monoisotopic (exact) mass is 184 g/mol. The Morgan fingerprint density at radius 1 is 1.31 bits per heavy atom. The Bertz CT molecular complexity index is 160. The van der Waals surface area contributed by atoms with E-state index in [-0.39, 0.29) is 0 Å². The molecule has 1 saturated heterocycles. The SMILES string of the molecule is CC1CN(C/C=C/CN)CC(C)O1. The highest BCUT2D eigenvalue weighted by Gasteiger charge is 2.20. The Balaban J connectivity index is 2.28. The van der Waals surface area contributed by atoms with Crippen molar-refractivity contribution in [1.29, 1.82) is 0 Å². The van der Waals surface area contributed by atoms with Gasteiger partial charge in [-0.05, 0) is 13.8 Å². The first-order valence-corrected chi connectivity index (χ1v) is 4.95. The summed E-state index contributed by atoms with van der Waals surface area (Å²) in [5.41, 5.74) is 5.37. The van der Waals surface area contributed by atoms with Crippen LogP contribution >= 0.6 is 0 Å². The van der Waals surface area contributed by atoms with E-state index in [1.165, 1.54) is 0 Å². The van der Waals surface area contributed by atoms with Crippen LogP contribution < -0.4 is 5.73 Å². The Hall–Kier alpha value is -0.380. The van der Waals surface area contributed by atoms with Crippen LogP contribution in [0.4, 0.5) is 0 Å². The summed E-state index contributed by atoms with van der Waals surface area (Å²) in [5, 5.41) is 0. The second kappa shape index (κ2) is 5.37. The van der Waals surface area contributed by atoms with E-state index in [1.54, 1.807) is 0 Å². The Kier molecular flexibility index (Phi) is 4.42. The van der Waals surface area contributed by atoms with Gasteiger partial charge in [0.05, 0.1) is 12.2 Å². The summed E-state index contributed by atoms with van der Waals surface area (Å²) in [4.78, 5) is 2.39. The molecule has 1 aliphatic heterocycles. The van der Waals surface area contributed by atoms with E-state index in [2.05, 4.69) is 24.8 Å². The van der Waals surface area contributed by atoms with E-state index < -0.39 is 0 Å². The zero-order valence-corrected chi connectivity index (χ0v) is 8.57. The molecule has 1 rings (SSSR count). The minimum Gasteiger partial charge on any atom is -0.373 e. The van der Waals surface area contributed by atoms with Crippen molar-refractivity contribution in [3.8, 4) is 0 Å². The molecule has 3 heteroatoms. The van der Waals surface area contributed by atoms with Gasteiger partial charge in [-0.2, -0.15) is 0 Å². The summed E-state index contributed by atoms with van der Waals surface area (Å²) >= 11 is 0. The Labute approximate surface area is 80.5 Å². The standard InChI is InChI=1S/C10H20N2O/c1-9-7-12(6-4-3-5-11)8-10(2)13-9/h3-4,9-10H,5-8,11H2,1-2H3/b4-3+. The highest BCUT2D eigenvalue weighted by atomic mass is 16.5. The van der Waals surface area contributed by atoms with E-state index in [9.17, 15) is 0 Å². The minimum atomic E-state index is 0.357. The molecule has 3 nitrogen and oxygen atoms in total. The van der Waals surface area contributed by atoms with Crippen LogP contribution in [0.25, 0.3) is 0 Å². The van der Waals surface area contributed by atoms with Gasteiger partial charge >= 0.3 is 0 Å². The highest BCUT2D eigenvalue weighted by Crippen LogP contribution is 2.09. The summed E-state index contributed by atoms with van der Waals surface area (Å²) in [6, 6.07) is 0. The van der Waals surface area contributed by atoms with Crippen molar-refractivity contribution < 1.29 is 4.74 Å². The molecule has 1 heterocycles. The molecule has 0 bridgehead atoms. The largest absolute Gasteiger partial charge is 0.373 e. The lowest BCUT2D eigenvalue weighted by Crippen LogP contribution is -2.45. The lowest BCUT2D eigenvalue weighted by Gasteiger charge is -2.34. The van der Waals surface area contributed by atoms with Crippen molar-refractivity contribution in [3.63, 3.8) is 0 Å². The first kappa shape index (κ1) is 10.7. The van der Waals surface area contributed by atoms with Gasteiger partial charge in [0, 0.05) is 26.2 Å². The van der Waals surface area contributed by atoms with E-state index in [4.69, 9.17) is 10.5 Å². The van der Waals surface area contributed by atoms with Crippen LogP contribution in [0.2, 0.25) is 0 Å². The maximum Gasteiger partial charge on any atom is 0.0678 e. The first-order valence-electron chi connectivity index (χ1n) is 4.95. The Morgan fingerprint density at radius 2 is 1.92 bits per heavy atom. The predicted molar refractivity (Wildman–Crippen MR) is 54.6 cm³/mol. The van der Waals surface area contributed by atoms with Crippen molar-refractivity contribution in [2.45, 2.75) is 26.1 Å². The summed E-state index contributed by atoms with van der Waals surface area (Å²) in [7, 11) is 0. The van der Waals surface area contributed by atoms with E-state index in [0.29, 0.717) is 18.8 Å². The van der Waals surface area contributed by atoms with Crippen LogP contribution in [-0.2, 0) is 4.74 Å². The number of nitrogens with zero attached hydrogens (tertiary/aromatic N) is 1. The molecule has 0 amide bonds. The highest BCUT2D eigenvalue weighted by molar-refractivity contribution is 4.87. The topological polar surface area (TPSA) is 38.5 Å². The zero-order valence-electron chi connectivity index (χ0n) is 8.57. The minimum absolute atomic E-state index is 0.357. The molecule has 0 aromatic carbocycles. The van der Waals surface area contributed by atoms with Gasteiger partial charge in [0.2, 0.25) is 0 Å². The molecule has 1 aliphatic rings. The van der Waals surface area contributed by atoms with Crippen molar-refractivity contribution in [2.24, 2.45) is 5.73 Å². The molecule has 2 N–H and O–H groups in total. The number of hydrogen-bond acceptors (Lipinski definition) is 3. The molecule has 0 radical (unpaired) electrons. The molecule has 1 fully saturated rings. The lowest BCUT2D eigenvalue weighted by molar-refractivity contribution is -0.0646. The average Bonchev–Trinajstić information content (AvgIpc) is 2.03. The quantitative estimate of drug-likeness (QED) is 0.653. The van der Waals surface area contributed by atoms with Crippen LogP contribution in [0.1, 0.15) is 13.8 Å². The van der Waals surface area contributed by atoms with Gasteiger partial charge in [-0.25, -0.2) is 0 Å². The molecule has 13 heavy (non-hydrogen) atoms. The number of nitrogens with two attached hydrogens (primary N) is 1. The molecular formula is C10H20N2O. The van der Waals surface area contributed by atoms with Gasteiger partial charge < -0.3 is 10.5 Å². The normalized spacial score (nSPS) is 31.3. The first-order chi connectivity index (χ1) is 6.22. The van der Waals surface area contributed by atoms with Crippen molar-refractivity contribution >= 4 is 0 Å². The van der Waals surface area contributed by atoms with Gasteiger partial charge in [0.15, 0.2) is 0 Å². The van der Waals surface area contributed by atoms with Gasteiger partial charge in [-0.3, -0.25) is 4.90 Å². The molecule has 76 valence electrons. The van der Waals surface area contributed by atoms with E-state index >= 15 is 0 Å². The van der Waals surface area contributed by atoms with Gasteiger partial charge in [-0.1, -0.05) is 12.2 Å². The van der Waals surface area contributed by atoms with Crippen LogP contribution in [0.3, 0.4) is 0 Å². The summed E-state index contributed by atoms with van der Waals surface area (Å²) in [6.45, 7) is 7.92. The Morgan fingerprint density at radius 3 is 2.46 bits per heavy atom. The molecule has 0 aromatic heterocycles. The second-order valence-electron chi connectivity index (χ2n) is 3.68. The molecule has 2 atom stereocenters. The molecule has 0 saturated carbocycles. The van der Waals surface area contributed by atoms with Gasteiger partial charge in [-0.15, -0.1) is 0 Å².